The molecule has 1 aromatic carbocycles. The Morgan fingerprint density at radius 3 is 2.72 bits per heavy atom. The number of likely N-dealkylation sites (N-methyl/N-ethyl adjacent to an activating group) is 1. The summed E-state index contributed by atoms with van der Waals surface area (Å²) in [5.41, 5.74) is 0.839. The average Bonchev–Trinajstić information content (AvgIpc) is 2.60. The van der Waals surface area contributed by atoms with Crippen molar-refractivity contribution in [1.29, 1.82) is 0 Å². The van der Waals surface area contributed by atoms with Gasteiger partial charge in [-0.25, -0.2) is 13.1 Å². The van der Waals surface area contributed by atoms with Crippen LogP contribution in [0.3, 0.4) is 0 Å². The molecule has 0 aliphatic rings. The first-order chi connectivity index (χ1) is 11.8. The van der Waals surface area contributed by atoms with Crippen LogP contribution in [0.4, 0.5) is 0 Å². The summed E-state index contributed by atoms with van der Waals surface area (Å²) in [6, 6.07) is 9.49. The number of carbonyl (C=O) groups is 1. The van der Waals surface area contributed by atoms with Crippen molar-refractivity contribution < 1.29 is 18.3 Å². The Kier molecular flexibility index (Phi) is 6.35. The molecule has 0 spiro atoms. The molecule has 0 saturated heterocycles. The number of carbonyl (C=O) groups excluding carboxylic acids is 1. The van der Waals surface area contributed by atoms with E-state index in [-0.39, 0.29) is 9.92 Å². The molecule has 0 atom stereocenters. The predicted octanol–water partition coefficient (Wildman–Crippen LogP) is 1.42. The molecule has 0 aliphatic heterocycles. The third kappa shape index (κ3) is 5.15. The van der Waals surface area contributed by atoms with Crippen LogP contribution >= 0.6 is 11.6 Å². The smallest absolute Gasteiger partial charge is 0.244 e. The lowest BCUT2D eigenvalue weighted by Gasteiger charge is -2.17. The number of phenols is 1. The van der Waals surface area contributed by atoms with E-state index < -0.39 is 28.2 Å². The molecule has 1 aromatic heterocycles. The molecule has 0 saturated carbocycles. The van der Waals surface area contributed by atoms with Crippen molar-refractivity contribution in [3.05, 3.63) is 53.3 Å². The Morgan fingerprint density at radius 1 is 1.28 bits per heavy atom. The summed E-state index contributed by atoms with van der Waals surface area (Å²) in [6.07, 6.45) is 2.23. The summed E-state index contributed by atoms with van der Waals surface area (Å²) < 4.78 is 26.6. The zero-order valence-corrected chi connectivity index (χ0v) is 15.1. The van der Waals surface area contributed by atoms with Gasteiger partial charge in [0.1, 0.15) is 4.90 Å². The van der Waals surface area contributed by atoms with E-state index in [0.29, 0.717) is 13.0 Å². The summed E-state index contributed by atoms with van der Waals surface area (Å²) in [5.74, 6) is -0.950. The van der Waals surface area contributed by atoms with E-state index in [1.807, 2.05) is 12.1 Å². The summed E-state index contributed by atoms with van der Waals surface area (Å²) in [4.78, 5) is 17.3. The van der Waals surface area contributed by atoms with Gasteiger partial charge < -0.3 is 10.0 Å². The number of sulfonamides is 1. The maximum absolute atomic E-state index is 12.2. The SMILES string of the molecule is CN(CCc1ccccn1)C(=O)CNS(=O)(=O)c1cccc(Cl)c1O. The zero-order valence-electron chi connectivity index (χ0n) is 13.5. The molecular weight excluding hydrogens is 366 g/mol. The van der Waals surface area contributed by atoms with Crippen LogP contribution in [0, 0.1) is 0 Å². The van der Waals surface area contributed by atoms with Gasteiger partial charge in [-0.05, 0) is 24.3 Å². The number of amides is 1. The molecule has 134 valence electrons. The first kappa shape index (κ1) is 19.2. The van der Waals surface area contributed by atoms with E-state index in [1.54, 1.807) is 19.3 Å². The maximum atomic E-state index is 12.2. The topological polar surface area (TPSA) is 99.6 Å². The van der Waals surface area contributed by atoms with Gasteiger partial charge >= 0.3 is 0 Å². The van der Waals surface area contributed by atoms with Crippen molar-refractivity contribution in [3.8, 4) is 5.75 Å². The molecule has 1 heterocycles. The third-order valence-electron chi connectivity index (χ3n) is 3.51. The summed E-state index contributed by atoms with van der Waals surface area (Å²) in [6.45, 7) is -0.0208. The number of para-hydroxylation sites is 1. The highest BCUT2D eigenvalue weighted by atomic mass is 35.5. The van der Waals surface area contributed by atoms with Crippen molar-refractivity contribution >= 4 is 27.5 Å². The second-order valence-corrected chi connectivity index (χ2v) is 7.44. The van der Waals surface area contributed by atoms with Crippen LogP contribution in [0.15, 0.2) is 47.5 Å². The third-order valence-corrected chi connectivity index (χ3v) is 5.25. The molecule has 2 aromatic rings. The monoisotopic (exact) mass is 383 g/mol. The average molecular weight is 384 g/mol. The van der Waals surface area contributed by atoms with E-state index >= 15 is 0 Å². The standard InChI is InChI=1S/C16H18ClN3O4S/c1-20(10-8-12-5-2-3-9-18-12)15(21)11-19-25(23,24)14-7-4-6-13(17)16(14)22/h2-7,9,19,22H,8,10-11H2,1H3. The lowest BCUT2D eigenvalue weighted by Crippen LogP contribution is -2.39. The van der Waals surface area contributed by atoms with Crippen LogP contribution in [0.1, 0.15) is 5.69 Å². The van der Waals surface area contributed by atoms with E-state index in [9.17, 15) is 18.3 Å². The number of nitrogens with zero attached hydrogens (tertiary/aromatic N) is 2. The highest BCUT2D eigenvalue weighted by Gasteiger charge is 2.21. The number of phenolic OH excluding ortho intramolecular Hbond substituents is 1. The molecule has 0 unspecified atom stereocenters. The van der Waals surface area contributed by atoms with Crippen molar-refractivity contribution in [2.75, 3.05) is 20.1 Å². The fourth-order valence-corrected chi connectivity index (χ4v) is 3.36. The first-order valence-corrected chi connectivity index (χ1v) is 9.28. The molecule has 0 radical (unpaired) electrons. The summed E-state index contributed by atoms with van der Waals surface area (Å²) >= 11 is 5.71. The van der Waals surface area contributed by atoms with Gasteiger partial charge in [-0.15, -0.1) is 0 Å². The Hall–Kier alpha value is -2.16. The fraction of sp³-hybridized carbons (Fsp3) is 0.250. The fourth-order valence-electron chi connectivity index (χ4n) is 2.03. The van der Waals surface area contributed by atoms with Gasteiger partial charge in [-0.1, -0.05) is 23.7 Å². The van der Waals surface area contributed by atoms with Gasteiger partial charge in [-0.3, -0.25) is 9.78 Å². The summed E-state index contributed by atoms with van der Waals surface area (Å²) in [7, 11) is -2.47. The molecule has 2 N–H and O–H groups in total. The van der Waals surface area contributed by atoms with Crippen molar-refractivity contribution in [2.24, 2.45) is 0 Å². The Balaban J connectivity index is 1.93. The van der Waals surface area contributed by atoms with Gasteiger partial charge in [0.15, 0.2) is 5.75 Å². The number of hydrogen-bond acceptors (Lipinski definition) is 5. The van der Waals surface area contributed by atoms with Gasteiger partial charge in [0.2, 0.25) is 15.9 Å². The van der Waals surface area contributed by atoms with Crippen LogP contribution in [-0.2, 0) is 21.2 Å². The molecule has 0 bridgehead atoms. The second-order valence-electron chi connectivity index (χ2n) is 5.30. The number of benzene rings is 1. The second kappa shape index (κ2) is 8.28. The largest absolute Gasteiger partial charge is 0.505 e. The van der Waals surface area contributed by atoms with E-state index in [4.69, 9.17) is 11.6 Å². The molecule has 2 rings (SSSR count). The lowest BCUT2D eigenvalue weighted by atomic mass is 10.2. The molecule has 0 fully saturated rings. The number of rotatable bonds is 7. The van der Waals surface area contributed by atoms with Crippen LogP contribution in [0.2, 0.25) is 5.02 Å². The van der Waals surface area contributed by atoms with Crippen LogP contribution in [-0.4, -0.2) is 49.5 Å². The molecule has 0 aliphatic carbocycles. The molecule has 1 amide bonds. The number of nitrogens with one attached hydrogen (secondary N) is 1. The van der Waals surface area contributed by atoms with Gasteiger partial charge in [0.25, 0.3) is 0 Å². The number of aromatic hydroxyl groups is 1. The van der Waals surface area contributed by atoms with Gasteiger partial charge in [-0.2, -0.15) is 0 Å². The Labute approximate surface area is 151 Å². The summed E-state index contributed by atoms with van der Waals surface area (Å²) in [5, 5.41) is 9.68. The highest BCUT2D eigenvalue weighted by Crippen LogP contribution is 2.30. The quantitative estimate of drug-likeness (QED) is 0.753. The predicted molar refractivity (Wildman–Crippen MR) is 93.9 cm³/mol. The number of aromatic nitrogens is 1. The van der Waals surface area contributed by atoms with Gasteiger partial charge in [0.05, 0.1) is 11.6 Å². The normalized spacial score (nSPS) is 11.3. The minimum atomic E-state index is -4.05. The molecule has 25 heavy (non-hydrogen) atoms. The number of halogens is 1. The van der Waals surface area contributed by atoms with Crippen molar-refractivity contribution in [2.45, 2.75) is 11.3 Å². The number of hydrogen-bond donors (Lipinski definition) is 2. The van der Waals surface area contributed by atoms with Crippen LogP contribution in [0.5, 0.6) is 5.75 Å². The molecule has 9 heteroatoms. The van der Waals surface area contributed by atoms with Crippen molar-refractivity contribution in [3.63, 3.8) is 0 Å². The van der Waals surface area contributed by atoms with E-state index in [0.717, 1.165) is 5.69 Å². The van der Waals surface area contributed by atoms with Crippen LogP contribution in [0.25, 0.3) is 0 Å². The lowest BCUT2D eigenvalue weighted by molar-refractivity contribution is -0.128. The Morgan fingerprint density at radius 2 is 2.04 bits per heavy atom. The van der Waals surface area contributed by atoms with Gasteiger partial charge in [0, 0.05) is 31.9 Å². The molecule has 7 nitrogen and oxygen atoms in total. The minimum Gasteiger partial charge on any atom is -0.505 e. The first-order valence-electron chi connectivity index (χ1n) is 7.42. The maximum Gasteiger partial charge on any atom is 0.244 e. The van der Waals surface area contributed by atoms with Crippen LogP contribution < -0.4 is 4.72 Å². The van der Waals surface area contributed by atoms with Crippen molar-refractivity contribution in [1.82, 2.24) is 14.6 Å². The zero-order chi connectivity index (χ0) is 18.4. The van der Waals surface area contributed by atoms with E-state index in [1.165, 1.54) is 23.1 Å². The van der Waals surface area contributed by atoms with E-state index in [2.05, 4.69) is 9.71 Å². The Bertz CT molecular complexity index is 844. The number of pyridine rings is 1. The highest BCUT2D eigenvalue weighted by molar-refractivity contribution is 7.89. The minimum absolute atomic E-state index is 0.0818. The molecular formula is C16H18ClN3O4S.